The molecule has 0 saturated carbocycles. The van der Waals surface area contributed by atoms with Gasteiger partial charge in [0.05, 0.1) is 0 Å². The molecule has 0 amide bonds. The predicted molar refractivity (Wildman–Crippen MR) is 19.6 cm³/mol. The van der Waals surface area contributed by atoms with Gasteiger partial charge < -0.3 is 0 Å². The molecule has 2 radical (unpaired) electrons. The molecule has 0 aromatic rings. The molecule has 0 aliphatic carbocycles. The maximum Gasteiger partial charge on any atom is 1.00 e. The van der Waals surface area contributed by atoms with Gasteiger partial charge >= 0.3 is 24.5 Å². The van der Waals surface area contributed by atoms with Crippen molar-refractivity contribution in [3.63, 3.8) is 0 Å². The topological polar surface area (TPSA) is 0 Å². The molecule has 0 atom stereocenters. The van der Waals surface area contributed by atoms with Crippen molar-refractivity contribution in [1.29, 1.82) is 0 Å². The fraction of sp³-hybridized carbons (Fsp3) is 0. The minimum absolute atomic E-state index is 0. The first kappa shape index (κ1) is 35.6. The standard InChI is InChI=1S/Al.La.Mg.Ni.Y.5H/p+1. The quantitative estimate of drug-likeness (QED) is 0.447. The smallest absolute Gasteiger partial charge is 0 e. The molecule has 5 heteroatoms. The summed E-state index contributed by atoms with van der Waals surface area (Å²) >= 11 is 0. The average molecular weight is 344 g/mol. The van der Waals surface area contributed by atoms with E-state index in [4.69, 9.17) is 0 Å². The van der Waals surface area contributed by atoms with Crippen molar-refractivity contribution in [3.05, 3.63) is 0 Å². The minimum Gasteiger partial charge on any atom is 0 e. The summed E-state index contributed by atoms with van der Waals surface area (Å²) in [4.78, 5) is 0. The summed E-state index contributed by atoms with van der Waals surface area (Å²) in [7, 11) is 0. The van der Waals surface area contributed by atoms with Crippen molar-refractivity contribution in [2.24, 2.45) is 0 Å². The zero-order chi connectivity index (χ0) is 0. The third-order valence-corrected chi connectivity index (χ3v) is 0. The van der Waals surface area contributed by atoms with Crippen LogP contribution in [0.1, 0.15) is 1.43 Å². The zero-order valence-corrected chi connectivity index (χ0v) is 8.92. The van der Waals surface area contributed by atoms with E-state index in [2.05, 4.69) is 0 Å². The van der Waals surface area contributed by atoms with Gasteiger partial charge in [0.2, 0.25) is 0 Å². The Morgan fingerprint density at radius 2 is 1.20 bits per heavy atom. The van der Waals surface area contributed by atoms with E-state index in [9.17, 15) is 0 Å². The van der Waals surface area contributed by atoms with E-state index < -0.39 is 0 Å². The molecule has 0 N–H and O–H groups in total. The fourth-order valence-electron chi connectivity index (χ4n) is 0. The third kappa shape index (κ3) is 17.9. The molecule has 0 aromatic heterocycles. The number of rotatable bonds is 0. The second kappa shape index (κ2) is 24.3. The van der Waals surface area contributed by atoms with Gasteiger partial charge in [-0.2, -0.15) is 0 Å². The molecule has 0 unspecified atom stereocenters. The van der Waals surface area contributed by atoms with Gasteiger partial charge in [0, 0.05) is 84.8 Å². The summed E-state index contributed by atoms with van der Waals surface area (Å²) in [5.41, 5.74) is 0. The summed E-state index contributed by atoms with van der Waals surface area (Å²) in [6.07, 6.45) is 0. The number of hydrogen-bond donors (Lipinski definition) is 0. The summed E-state index contributed by atoms with van der Waals surface area (Å²) < 4.78 is 0. The Balaban J connectivity index is 0. The van der Waals surface area contributed by atoms with Crippen molar-refractivity contribution < 1.29 is 86.2 Å². The second-order valence-electron chi connectivity index (χ2n) is 0. The van der Waals surface area contributed by atoms with Crippen LogP contribution in [0.5, 0.6) is 0 Å². The largest absolute Gasteiger partial charge is 1.00 e. The molecular weight excluding hydrogens is 338 g/mol. The van der Waals surface area contributed by atoms with Crippen LogP contribution in [0, 0.1) is 35.6 Å². The van der Waals surface area contributed by atoms with Crippen molar-refractivity contribution in [2.75, 3.05) is 0 Å². The molecular formula is H6AlLaMgNiY+. The van der Waals surface area contributed by atoms with E-state index in [1.807, 2.05) is 0 Å². The Kier molecular flexibility index (Phi) is 173. The summed E-state index contributed by atoms with van der Waals surface area (Å²) in [6, 6.07) is 0. The molecule has 0 saturated heterocycles. The molecule has 0 aliphatic heterocycles. The fourth-order valence-corrected chi connectivity index (χ4v) is 0. The first-order valence-corrected chi connectivity index (χ1v) is 0. The van der Waals surface area contributed by atoms with Crippen LogP contribution in [0.3, 0.4) is 0 Å². The Morgan fingerprint density at radius 3 is 1.20 bits per heavy atom. The molecule has 0 nitrogen and oxygen atoms in total. The normalized spacial score (nSPS) is 0. The molecule has 5 heavy (non-hydrogen) atoms. The van der Waals surface area contributed by atoms with Crippen LogP contribution in [0.2, 0.25) is 0 Å². The average Bonchev–Trinajstić information content (AvgIpc) is 0. The Morgan fingerprint density at radius 1 is 1.20 bits per heavy atom. The molecule has 0 fully saturated rings. The van der Waals surface area contributed by atoms with Gasteiger partial charge in [0.1, 0.15) is 0 Å². The second-order valence-corrected chi connectivity index (χ2v) is 0. The molecule has 0 spiro atoms. The van der Waals surface area contributed by atoms with E-state index in [-0.39, 0.29) is 127 Å². The monoisotopic (exact) mass is 343 g/mol. The summed E-state index contributed by atoms with van der Waals surface area (Å²) in [5, 5.41) is 0. The molecule has 0 bridgehead atoms. The predicted octanol–water partition coefficient (Wildman–Crippen LogP) is -1.99. The van der Waals surface area contributed by atoms with Gasteiger partial charge in [-0.1, -0.05) is 0 Å². The maximum atomic E-state index is 0. The Bertz CT molecular complexity index is 15.5. The zero-order valence-electron chi connectivity index (χ0n) is 2.47. The van der Waals surface area contributed by atoms with Crippen molar-refractivity contribution in [2.45, 2.75) is 0 Å². The molecule has 0 aliphatic rings. The first-order chi connectivity index (χ1) is 0. The maximum absolute atomic E-state index is 0. The van der Waals surface area contributed by atoms with Gasteiger partial charge in [-0.3, -0.25) is 0 Å². The van der Waals surface area contributed by atoms with E-state index >= 15 is 0 Å². The number of hydrogen-bond acceptors (Lipinski definition) is 0. The van der Waals surface area contributed by atoms with Crippen LogP contribution in [0.15, 0.2) is 0 Å². The van der Waals surface area contributed by atoms with Crippen LogP contribution >= 0.6 is 0 Å². The first-order valence-electron chi connectivity index (χ1n) is 0. The Hall–Kier alpha value is 4.09. The molecule has 0 aromatic carbocycles. The summed E-state index contributed by atoms with van der Waals surface area (Å²) in [5.74, 6) is 0. The van der Waals surface area contributed by atoms with Crippen LogP contribution in [-0.4, -0.2) is 40.4 Å². The van der Waals surface area contributed by atoms with Gasteiger partial charge in [-0.15, -0.1) is 0 Å². The molecule has 0 rings (SSSR count). The third-order valence-electron chi connectivity index (χ3n) is 0. The van der Waals surface area contributed by atoms with Crippen molar-refractivity contribution in [3.8, 4) is 0 Å². The van der Waals surface area contributed by atoms with Gasteiger partial charge in [-0.25, -0.2) is 0 Å². The van der Waals surface area contributed by atoms with Crippen LogP contribution < -0.4 is 0 Å². The van der Waals surface area contributed by atoms with Gasteiger partial charge in [0.15, 0.2) is 17.4 Å². The van der Waals surface area contributed by atoms with E-state index in [1.54, 1.807) is 0 Å². The SMILES string of the molecule is [AlH3].[H+].[La].[MgH2].[Ni].[Y]. The van der Waals surface area contributed by atoms with E-state index in [0.29, 0.717) is 0 Å². The van der Waals surface area contributed by atoms with Crippen LogP contribution in [0.25, 0.3) is 0 Å². The van der Waals surface area contributed by atoms with Crippen LogP contribution in [-0.2, 0) is 49.2 Å². The van der Waals surface area contributed by atoms with Gasteiger partial charge in [0.25, 0.3) is 0 Å². The molecule has 26 valence electrons. The van der Waals surface area contributed by atoms with E-state index in [0.717, 1.165) is 0 Å². The Labute approximate surface area is 124 Å². The van der Waals surface area contributed by atoms with Crippen molar-refractivity contribution >= 4 is 40.4 Å². The molecule has 0 heterocycles. The van der Waals surface area contributed by atoms with Crippen LogP contribution in [0.4, 0.5) is 0 Å². The van der Waals surface area contributed by atoms with E-state index in [1.165, 1.54) is 0 Å². The van der Waals surface area contributed by atoms with Crippen molar-refractivity contribution in [1.82, 2.24) is 0 Å². The minimum atomic E-state index is 0. The van der Waals surface area contributed by atoms with Gasteiger partial charge in [-0.05, 0) is 0 Å². The summed E-state index contributed by atoms with van der Waals surface area (Å²) in [6.45, 7) is 0.